The van der Waals surface area contributed by atoms with E-state index in [0.717, 1.165) is 5.69 Å². The van der Waals surface area contributed by atoms with Crippen LogP contribution < -0.4 is 5.32 Å². The molecule has 170 valence electrons. The molecule has 0 fully saturated rings. The quantitative estimate of drug-likeness (QED) is 0.705. The molecule has 3 amide bonds. The fourth-order valence-electron chi connectivity index (χ4n) is 4.15. The third-order valence-electron chi connectivity index (χ3n) is 5.75. The number of nitrogens with one attached hydrogen (secondary N) is 1. The molecule has 0 saturated heterocycles. The van der Waals surface area contributed by atoms with Gasteiger partial charge in [0.25, 0.3) is 5.91 Å². The Hall–Kier alpha value is -3.14. The van der Waals surface area contributed by atoms with Gasteiger partial charge in [-0.25, -0.2) is 9.18 Å². The average molecular weight is 464 g/mol. The number of anilines is 1. The second-order valence-corrected chi connectivity index (χ2v) is 8.43. The zero-order valence-corrected chi connectivity index (χ0v) is 18.5. The Morgan fingerprint density at radius 3 is 2.84 bits per heavy atom. The molecule has 2 aliphatic heterocycles. The summed E-state index contributed by atoms with van der Waals surface area (Å²) >= 11 is 5.79. The number of carbonyl (C=O) groups excluding carboxylic acids is 3. The topological polar surface area (TPSA) is 96.8 Å². The minimum absolute atomic E-state index is 0.0826. The number of esters is 1. The third kappa shape index (κ3) is 4.27. The SMILES string of the molecule is COC(=O)CC1CN(C)C(=O)c2c3c(nn2C1)CCN(C(=O)Nc1ccc(F)c(Cl)c1)C3. The van der Waals surface area contributed by atoms with E-state index >= 15 is 0 Å². The minimum Gasteiger partial charge on any atom is -0.469 e. The van der Waals surface area contributed by atoms with Gasteiger partial charge in [0.2, 0.25) is 0 Å². The van der Waals surface area contributed by atoms with Gasteiger partial charge in [0, 0.05) is 50.3 Å². The van der Waals surface area contributed by atoms with E-state index in [1.54, 1.807) is 21.5 Å². The van der Waals surface area contributed by atoms with E-state index in [0.29, 0.717) is 43.0 Å². The number of benzene rings is 1. The monoisotopic (exact) mass is 463 g/mol. The predicted molar refractivity (Wildman–Crippen MR) is 114 cm³/mol. The van der Waals surface area contributed by atoms with Gasteiger partial charge in [-0.05, 0) is 18.2 Å². The van der Waals surface area contributed by atoms with E-state index in [1.165, 1.54) is 25.3 Å². The molecule has 1 unspecified atom stereocenters. The Morgan fingerprint density at radius 1 is 1.34 bits per heavy atom. The van der Waals surface area contributed by atoms with Crippen LogP contribution in [-0.4, -0.2) is 64.7 Å². The van der Waals surface area contributed by atoms with E-state index in [-0.39, 0.29) is 41.8 Å². The summed E-state index contributed by atoms with van der Waals surface area (Å²) in [5, 5.41) is 7.25. The van der Waals surface area contributed by atoms with Crippen molar-refractivity contribution in [2.45, 2.75) is 25.9 Å². The normalized spacial score (nSPS) is 18.0. The van der Waals surface area contributed by atoms with Gasteiger partial charge in [-0.2, -0.15) is 5.10 Å². The highest BCUT2D eigenvalue weighted by atomic mass is 35.5. The molecule has 1 aromatic carbocycles. The standard InChI is InChI=1S/C21H23ClFN5O4/c1-26-9-12(7-18(29)32-2)10-28-19(20(26)30)14-11-27(6-5-17(14)25-28)21(31)24-13-3-4-16(23)15(22)8-13/h3-4,8,12H,5-7,9-11H2,1-2H3,(H,24,31). The molecular weight excluding hydrogens is 441 g/mol. The molecular formula is C21H23ClFN5O4. The first-order chi connectivity index (χ1) is 15.3. The van der Waals surface area contributed by atoms with Gasteiger partial charge in [-0.1, -0.05) is 11.6 Å². The fraction of sp³-hybridized carbons (Fsp3) is 0.429. The summed E-state index contributed by atoms with van der Waals surface area (Å²) in [6.45, 7) is 1.45. The van der Waals surface area contributed by atoms with E-state index in [1.807, 2.05) is 0 Å². The lowest BCUT2D eigenvalue weighted by atomic mass is 10.0. The zero-order chi connectivity index (χ0) is 23.0. The fourth-order valence-corrected chi connectivity index (χ4v) is 4.33. The zero-order valence-electron chi connectivity index (χ0n) is 17.7. The summed E-state index contributed by atoms with van der Waals surface area (Å²) in [6, 6.07) is 3.58. The number of urea groups is 1. The van der Waals surface area contributed by atoms with Crippen LogP contribution in [-0.2, 0) is 29.0 Å². The van der Waals surface area contributed by atoms with Crippen LogP contribution in [0.25, 0.3) is 0 Å². The Bertz CT molecular complexity index is 1090. The van der Waals surface area contributed by atoms with Crippen LogP contribution in [0.4, 0.5) is 14.9 Å². The number of aromatic nitrogens is 2. The van der Waals surface area contributed by atoms with Crippen molar-refractivity contribution in [2.75, 3.05) is 32.6 Å². The number of nitrogens with zero attached hydrogens (tertiary/aromatic N) is 4. The molecule has 0 radical (unpaired) electrons. The molecule has 3 heterocycles. The molecule has 0 saturated carbocycles. The van der Waals surface area contributed by atoms with E-state index in [9.17, 15) is 18.8 Å². The molecule has 1 atom stereocenters. The van der Waals surface area contributed by atoms with Gasteiger partial charge in [0.1, 0.15) is 11.5 Å². The number of ether oxygens (including phenoxy) is 1. The molecule has 0 aliphatic carbocycles. The number of halogens is 2. The molecule has 0 spiro atoms. The molecule has 32 heavy (non-hydrogen) atoms. The summed E-state index contributed by atoms with van der Waals surface area (Å²) < 4.78 is 19.8. The first-order valence-corrected chi connectivity index (χ1v) is 10.6. The maximum absolute atomic E-state index is 13.4. The van der Waals surface area contributed by atoms with Gasteiger partial charge in [0.05, 0.1) is 30.8 Å². The largest absolute Gasteiger partial charge is 0.469 e. The van der Waals surface area contributed by atoms with Crippen molar-refractivity contribution in [3.63, 3.8) is 0 Å². The first-order valence-electron chi connectivity index (χ1n) is 10.2. The van der Waals surface area contributed by atoms with Crippen molar-refractivity contribution < 1.29 is 23.5 Å². The van der Waals surface area contributed by atoms with E-state index in [4.69, 9.17) is 16.3 Å². The second kappa shape index (κ2) is 8.78. The molecule has 11 heteroatoms. The van der Waals surface area contributed by atoms with Crippen LogP contribution in [0, 0.1) is 11.7 Å². The second-order valence-electron chi connectivity index (χ2n) is 8.02. The molecule has 4 rings (SSSR count). The highest BCUT2D eigenvalue weighted by Gasteiger charge is 2.35. The lowest BCUT2D eigenvalue weighted by Gasteiger charge is -2.27. The summed E-state index contributed by atoms with van der Waals surface area (Å²) in [5.74, 6) is -1.22. The van der Waals surface area contributed by atoms with Crippen molar-refractivity contribution in [1.82, 2.24) is 19.6 Å². The lowest BCUT2D eigenvalue weighted by Crippen LogP contribution is -2.39. The Balaban J connectivity index is 1.55. The van der Waals surface area contributed by atoms with Crippen LogP contribution in [0.2, 0.25) is 5.02 Å². The minimum atomic E-state index is -0.567. The summed E-state index contributed by atoms with van der Waals surface area (Å²) in [6.07, 6.45) is 0.679. The number of methoxy groups -OCH3 is 1. The predicted octanol–water partition coefficient (Wildman–Crippen LogP) is 2.53. The van der Waals surface area contributed by atoms with Gasteiger partial charge in [0.15, 0.2) is 0 Å². The molecule has 9 nitrogen and oxygen atoms in total. The van der Waals surface area contributed by atoms with Crippen molar-refractivity contribution in [3.05, 3.63) is 46.0 Å². The first kappa shape index (κ1) is 22.1. The molecule has 0 bridgehead atoms. The van der Waals surface area contributed by atoms with Crippen molar-refractivity contribution in [1.29, 1.82) is 0 Å². The van der Waals surface area contributed by atoms with E-state index in [2.05, 4.69) is 10.4 Å². The van der Waals surface area contributed by atoms with Crippen molar-refractivity contribution >= 4 is 35.2 Å². The van der Waals surface area contributed by atoms with Crippen LogP contribution in [0.1, 0.15) is 28.2 Å². The average Bonchev–Trinajstić information content (AvgIpc) is 3.06. The molecule has 1 N–H and O–H groups in total. The van der Waals surface area contributed by atoms with Crippen LogP contribution in [0.15, 0.2) is 18.2 Å². The highest BCUT2D eigenvalue weighted by Crippen LogP contribution is 2.28. The lowest BCUT2D eigenvalue weighted by molar-refractivity contribution is -0.141. The van der Waals surface area contributed by atoms with Crippen LogP contribution in [0.3, 0.4) is 0 Å². The van der Waals surface area contributed by atoms with Gasteiger partial charge < -0.3 is 19.9 Å². The summed E-state index contributed by atoms with van der Waals surface area (Å²) in [4.78, 5) is 40.8. The number of fused-ring (bicyclic) bond motifs is 3. The Kier molecular flexibility index (Phi) is 6.05. The number of amides is 3. The van der Waals surface area contributed by atoms with Gasteiger partial charge in [-0.3, -0.25) is 14.3 Å². The molecule has 1 aromatic heterocycles. The maximum atomic E-state index is 13.4. The van der Waals surface area contributed by atoms with Crippen LogP contribution >= 0.6 is 11.6 Å². The number of rotatable bonds is 3. The number of hydrogen-bond donors (Lipinski definition) is 1. The van der Waals surface area contributed by atoms with Crippen LogP contribution in [0.5, 0.6) is 0 Å². The number of carbonyl (C=O) groups is 3. The maximum Gasteiger partial charge on any atom is 0.322 e. The number of hydrogen-bond acceptors (Lipinski definition) is 5. The van der Waals surface area contributed by atoms with Gasteiger partial charge in [-0.15, -0.1) is 0 Å². The van der Waals surface area contributed by atoms with Crippen molar-refractivity contribution in [3.8, 4) is 0 Å². The smallest absolute Gasteiger partial charge is 0.322 e. The summed E-state index contributed by atoms with van der Waals surface area (Å²) in [5.41, 5.74) is 2.30. The van der Waals surface area contributed by atoms with Gasteiger partial charge >= 0.3 is 12.0 Å². The Labute approximate surface area is 189 Å². The molecule has 2 aliphatic rings. The molecule has 2 aromatic rings. The van der Waals surface area contributed by atoms with E-state index < -0.39 is 5.82 Å². The highest BCUT2D eigenvalue weighted by molar-refractivity contribution is 6.31. The Morgan fingerprint density at radius 2 is 2.12 bits per heavy atom. The third-order valence-corrected chi connectivity index (χ3v) is 6.04. The van der Waals surface area contributed by atoms with Crippen molar-refractivity contribution in [2.24, 2.45) is 5.92 Å². The summed E-state index contributed by atoms with van der Waals surface area (Å²) in [7, 11) is 3.03.